The van der Waals surface area contributed by atoms with Gasteiger partial charge in [0.05, 0.1) is 0 Å². The number of aromatic nitrogens is 2. The van der Waals surface area contributed by atoms with Crippen LogP contribution in [0.25, 0.3) is 0 Å². The maximum absolute atomic E-state index is 10.3. The summed E-state index contributed by atoms with van der Waals surface area (Å²) in [5.41, 5.74) is 0. The molecular formula is C4HBrN2OS. The van der Waals surface area contributed by atoms with Crippen LogP contribution in [0.15, 0.2) is 3.92 Å². The number of halogens is 1. The molecule has 1 aromatic rings. The van der Waals surface area contributed by atoms with Crippen LogP contribution >= 0.6 is 27.3 Å². The van der Waals surface area contributed by atoms with Gasteiger partial charge in [-0.3, -0.25) is 4.79 Å². The molecule has 3 nitrogen and oxygen atoms in total. The molecule has 1 rings (SSSR count). The quantitative estimate of drug-likeness (QED) is 0.646. The summed E-state index contributed by atoms with van der Waals surface area (Å²) >= 11 is 4.15. The van der Waals surface area contributed by atoms with Crippen LogP contribution in [-0.4, -0.2) is 16.0 Å². The van der Waals surface area contributed by atoms with Crippen LogP contribution < -0.4 is 0 Å². The topological polar surface area (TPSA) is 42.9 Å². The van der Waals surface area contributed by atoms with Gasteiger partial charge in [-0.05, 0) is 15.9 Å². The number of carbonyl (C=O) groups is 1. The number of hydrogen-bond donors (Lipinski definition) is 0. The third-order valence-electron chi connectivity index (χ3n) is 0.611. The minimum absolute atomic E-state index is 0.224. The Balaban J connectivity index is 2.98. The van der Waals surface area contributed by atoms with E-state index in [1.165, 1.54) is 0 Å². The van der Waals surface area contributed by atoms with Crippen molar-refractivity contribution in [3.05, 3.63) is 15.8 Å². The number of carbonyl (C=O) groups excluding carboxylic acids is 1. The number of hydrogen-bond acceptors (Lipinski definition) is 4. The SMILES string of the molecule is [CH]C(=O)c1nnc(Br)s1. The molecule has 0 bridgehead atoms. The lowest BCUT2D eigenvalue weighted by Gasteiger charge is -1.75. The van der Waals surface area contributed by atoms with Crippen LogP contribution in [0, 0.1) is 6.92 Å². The molecule has 0 atom stereocenters. The standard InChI is InChI=1S/C4HBrN2OS/c1-2(8)3-6-7-4(5)9-3/h1H. The van der Waals surface area contributed by atoms with Gasteiger partial charge in [0.15, 0.2) is 14.7 Å². The number of nitrogens with zero attached hydrogens (tertiary/aromatic N) is 2. The van der Waals surface area contributed by atoms with Gasteiger partial charge >= 0.3 is 0 Å². The van der Waals surface area contributed by atoms with Gasteiger partial charge in [-0.2, -0.15) is 0 Å². The molecule has 0 aliphatic heterocycles. The van der Waals surface area contributed by atoms with Crippen LogP contribution in [0.3, 0.4) is 0 Å². The highest BCUT2D eigenvalue weighted by Crippen LogP contribution is 2.15. The van der Waals surface area contributed by atoms with Crippen LogP contribution in [0.4, 0.5) is 0 Å². The fourth-order valence-corrected chi connectivity index (χ4v) is 1.27. The van der Waals surface area contributed by atoms with Gasteiger partial charge in [0.2, 0.25) is 0 Å². The Hall–Kier alpha value is -0.290. The smallest absolute Gasteiger partial charge is 0.197 e. The summed E-state index contributed by atoms with van der Waals surface area (Å²) in [6.07, 6.45) is 0. The highest BCUT2D eigenvalue weighted by Gasteiger charge is 2.04. The Kier molecular flexibility index (Phi) is 1.92. The van der Waals surface area contributed by atoms with Crippen LogP contribution in [0.5, 0.6) is 0 Å². The molecule has 0 fully saturated rings. The summed E-state index contributed by atoms with van der Waals surface area (Å²) in [5, 5.41) is 7.21. The van der Waals surface area contributed by atoms with Crippen molar-refractivity contribution in [2.75, 3.05) is 0 Å². The lowest BCUT2D eigenvalue weighted by Crippen LogP contribution is -1.89. The van der Waals surface area contributed by atoms with E-state index in [4.69, 9.17) is 6.92 Å². The Morgan fingerprint density at radius 1 is 1.67 bits per heavy atom. The van der Waals surface area contributed by atoms with Crippen LogP contribution in [-0.2, 0) is 0 Å². The van der Waals surface area contributed by atoms with E-state index in [9.17, 15) is 4.79 Å². The third-order valence-corrected chi connectivity index (χ3v) is 1.98. The first-order chi connectivity index (χ1) is 4.20. The van der Waals surface area contributed by atoms with Gasteiger partial charge < -0.3 is 0 Å². The van der Waals surface area contributed by atoms with Crippen molar-refractivity contribution in [3.8, 4) is 0 Å². The van der Waals surface area contributed by atoms with Crippen molar-refractivity contribution < 1.29 is 4.79 Å². The lowest BCUT2D eigenvalue weighted by molar-refractivity contribution is 0.104. The zero-order chi connectivity index (χ0) is 6.85. The molecule has 0 saturated heterocycles. The number of rotatable bonds is 1. The third kappa shape index (κ3) is 1.56. The van der Waals surface area contributed by atoms with E-state index in [2.05, 4.69) is 26.1 Å². The van der Waals surface area contributed by atoms with E-state index in [0.717, 1.165) is 11.3 Å². The van der Waals surface area contributed by atoms with Crippen molar-refractivity contribution in [2.24, 2.45) is 0 Å². The molecule has 1 heterocycles. The maximum Gasteiger partial charge on any atom is 0.197 e. The molecule has 0 amide bonds. The molecule has 0 spiro atoms. The van der Waals surface area contributed by atoms with E-state index in [1.54, 1.807) is 0 Å². The minimum atomic E-state index is -0.543. The molecule has 1 aromatic heterocycles. The summed E-state index contributed by atoms with van der Waals surface area (Å²) in [6.45, 7) is 4.88. The van der Waals surface area contributed by atoms with E-state index in [1.807, 2.05) is 0 Å². The van der Waals surface area contributed by atoms with Gasteiger partial charge in [0.25, 0.3) is 0 Å². The summed E-state index contributed by atoms with van der Waals surface area (Å²) in [4.78, 5) is 10.3. The van der Waals surface area contributed by atoms with E-state index < -0.39 is 5.78 Å². The molecule has 0 unspecified atom stereocenters. The second-order valence-electron chi connectivity index (χ2n) is 1.22. The summed E-state index contributed by atoms with van der Waals surface area (Å²) in [5.74, 6) is -0.543. The molecular weight excluding hydrogens is 204 g/mol. The Morgan fingerprint density at radius 3 is 2.56 bits per heavy atom. The first-order valence-electron chi connectivity index (χ1n) is 1.99. The maximum atomic E-state index is 10.3. The van der Waals surface area contributed by atoms with Crippen molar-refractivity contribution in [1.82, 2.24) is 10.2 Å². The number of ketones is 1. The van der Waals surface area contributed by atoms with Gasteiger partial charge in [-0.15, -0.1) is 10.2 Å². The van der Waals surface area contributed by atoms with Crippen molar-refractivity contribution in [2.45, 2.75) is 0 Å². The summed E-state index contributed by atoms with van der Waals surface area (Å²) in [6, 6.07) is 0. The molecule has 0 saturated carbocycles. The fraction of sp³-hybridized carbons (Fsp3) is 0. The zero-order valence-electron chi connectivity index (χ0n) is 4.17. The highest BCUT2D eigenvalue weighted by atomic mass is 79.9. The molecule has 0 aliphatic rings. The molecule has 0 aliphatic carbocycles. The van der Waals surface area contributed by atoms with Gasteiger partial charge in [-0.25, -0.2) is 0 Å². The predicted octanol–water partition coefficient (Wildman–Crippen LogP) is 1.19. The Morgan fingerprint density at radius 2 is 2.33 bits per heavy atom. The second-order valence-corrected chi connectivity index (χ2v) is 3.48. The van der Waals surface area contributed by atoms with Crippen molar-refractivity contribution in [1.29, 1.82) is 0 Å². The second kappa shape index (κ2) is 2.53. The summed E-state index contributed by atoms with van der Waals surface area (Å²) < 4.78 is 0.566. The highest BCUT2D eigenvalue weighted by molar-refractivity contribution is 9.11. The van der Waals surface area contributed by atoms with Gasteiger partial charge in [0, 0.05) is 6.92 Å². The predicted molar refractivity (Wildman–Crippen MR) is 36.2 cm³/mol. The van der Waals surface area contributed by atoms with Crippen molar-refractivity contribution in [3.63, 3.8) is 0 Å². The van der Waals surface area contributed by atoms with E-state index in [0.29, 0.717) is 3.92 Å². The van der Waals surface area contributed by atoms with Gasteiger partial charge in [0.1, 0.15) is 0 Å². The fourth-order valence-electron chi connectivity index (χ4n) is 0.305. The Labute approximate surface area is 64.2 Å². The summed E-state index contributed by atoms with van der Waals surface area (Å²) in [7, 11) is 0. The number of Topliss-reactive ketones (excluding diaryl/α,β-unsaturated/α-hetero) is 1. The molecule has 46 valence electrons. The Bertz CT molecular complexity index is 234. The van der Waals surface area contributed by atoms with E-state index >= 15 is 0 Å². The first kappa shape index (κ1) is 6.82. The van der Waals surface area contributed by atoms with E-state index in [-0.39, 0.29) is 5.01 Å². The van der Waals surface area contributed by atoms with Gasteiger partial charge in [-0.1, -0.05) is 11.3 Å². The largest absolute Gasteiger partial charge is 0.291 e. The minimum Gasteiger partial charge on any atom is -0.291 e. The molecule has 5 heteroatoms. The molecule has 9 heavy (non-hydrogen) atoms. The first-order valence-corrected chi connectivity index (χ1v) is 3.60. The van der Waals surface area contributed by atoms with Crippen LogP contribution in [0.2, 0.25) is 0 Å². The normalized spacial score (nSPS) is 9.56. The molecule has 0 N–H and O–H groups in total. The molecule has 0 aromatic carbocycles. The van der Waals surface area contributed by atoms with Crippen molar-refractivity contribution >= 4 is 33.0 Å². The van der Waals surface area contributed by atoms with Crippen LogP contribution in [0.1, 0.15) is 9.80 Å². The average molecular weight is 205 g/mol. The lowest BCUT2D eigenvalue weighted by atomic mass is 10.5. The average Bonchev–Trinajstić information content (AvgIpc) is 2.14. The zero-order valence-corrected chi connectivity index (χ0v) is 6.57. The monoisotopic (exact) mass is 204 g/mol. The molecule has 2 radical (unpaired) electrons.